The van der Waals surface area contributed by atoms with Gasteiger partial charge in [0, 0.05) is 33.6 Å². The standard InChI is InChI=1S/C40H44N2O13/c1-22(52-39-35(41-23(2)43)37(54-26(5)46)36(53-25(4)45)33(55-39)21-49-24(3)44)34(38(47)50-19-27-13-7-6-8-14-27)42-40(48)51-20-32-30-17-11-9-15-28(30)29-16-10-12-18-31(29)32/h6-18,22,32-37,39H,19-21H2,1-5H3,(H,41,43)(H,42,48)/t22-,33-,34+,35-,36-,37-,39-/m1/s1. The van der Waals surface area contributed by atoms with E-state index in [0.29, 0.717) is 5.56 Å². The van der Waals surface area contributed by atoms with Crippen LogP contribution < -0.4 is 10.6 Å². The number of alkyl carbamates (subject to hydrolysis) is 1. The smallest absolute Gasteiger partial charge is 0.407 e. The van der Waals surface area contributed by atoms with Crippen LogP contribution in [0.15, 0.2) is 78.9 Å². The van der Waals surface area contributed by atoms with Crippen molar-refractivity contribution in [3.63, 3.8) is 0 Å². The van der Waals surface area contributed by atoms with Crippen LogP contribution in [0.4, 0.5) is 4.79 Å². The van der Waals surface area contributed by atoms with Gasteiger partial charge < -0.3 is 43.8 Å². The third-order valence-electron chi connectivity index (χ3n) is 8.98. The summed E-state index contributed by atoms with van der Waals surface area (Å²) in [7, 11) is 0. The van der Waals surface area contributed by atoms with Gasteiger partial charge in [0.25, 0.3) is 0 Å². The van der Waals surface area contributed by atoms with Crippen LogP contribution in [-0.4, -0.2) is 91.9 Å². The number of ether oxygens (including phenoxy) is 7. The first-order valence-corrected chi connectivity index (χ1v) is 17.7. The molecule has 15 nitrogen and oxygen atoms in total. The van der Waals surface area contributed by atoms with Crippen molar-refractivity contribution in [3.8, 4) is 11.1 Å². The molecule has 2 amide bonds. The molecule has 7 atom stereocenters. The first-order chi connectivity index (χ1) is 26.3. The number of amides is 2. The lowest BCUT2D eigenvalue weighted by atomic mass is 9.95. The third-order valence-corrected chi connectivity index (χ3v) is 8.98. The lowest BCUT2D eigenvalue weighted by Crippen LogP contribution is -2.67. The molecule has 15 heteroatoms. The Morgan fingerprint density at radius 1 is 0.691 bits per heavy atom. The Kier molecular flexibility index (Phi) is 13.6. The molecule has 1 heterocycles. The molecule has 0 aromatic heterocycles. The first kappa shape index (κ1) is 40.4. The number of carbonyl (C=O) groups excluding carboxylic acids is 6. The molecular weight excluding hydrogens is 716 g/mol. The summed E-state index contributed by atoms with van der Waals surface area (Å²) in [5.41, 5.74) is 4.73. The number of hydrogen-bond acceptors (Lipinski definition) is 13. The summed E-state index contributed by atoms with van der Waals surface area (Å²) in [5.74, 6) is -4.00. The highest BCUT2D eigenvalue weighted by Gasteiger charge is 2.52. The summed E-state index contributed by atoms with van der Waals surface area (Å²) in [6.45, 7) is 5.39. The molecule has 1 aliphatic heterocycles. The first-order valence-electron chi connectivity index (χ1n) is 17.7. The van der Waals surface area contributed by atoms with Crippen molar-refractivity contribution in [2.75, 3.05) is 13.2 Å². The maximum atomic E-state index is 13.7. The molecule has 0 radical (unpaired) electrons. The summed E-state index contributed by atoms with van der Waals surface area (Å²) < 4.78 is 39.8. The fourth-order valence-corrected chi connectivity index (χ4v) is 6.65. The maximum absolute atomic E-state index is 13.7. The highest BCUT2D eigenvalue weighted by Crippen LogP contribution is 2.44. The zero-order valence-electron chi connectivity index (χ0n) is 31.1. The van der Waals surface area contributed by atoms with Gasteiger partial charge in [-0.1, -0.05) is 78.9 Å². The van der Waals surface area contributed by atoms with Gasteiger partial charge in [0.2, 0.25) is 5.91 Å². The van der Waals surface area contributed by atoms with Crippen molar-refractivity contribution in [2.24, 2.45) is 0 Å². The second-order valence-corrected chi connectivity index (χ2v) is 13.1. The molecule has 55 heavy (non-hydrogen) atoms. The van der Waals surface area contributed by atoms with Crippen LogP contribution in [0.3, 0.4) is 0 Å². The molecule has 3 aromatic carbocycles. The molecule has 0 saturated carbocycles. The molecule has 1 fully saturated rings. The molecule has 3 aromatic rings. The van der Waals surface area contributed by atoms with Crippen molar-refractivity contribution in [3.05, 3.63) is 95.6 Å². The summed E-state index contributed by atoms with van der Waals surface area (Å²) in [5, 5.41) is 5.18. The van der Waals surface area contributed by atoms with E-state index in [9.17, 15) is 28.8 Å². The van der Waals surface area contributed by atoms with Crippen molar-refractivity contribution < 1.29 is 61.9 Å². The van der Waals surface area contributed by atoms with Crippen molar-refractivity contribution in [1.29, 1.82) is 0 Å². The highest BCUT2D eigenvalue weighted by atomic mass is 16.7. The van der Waals surface area contributed by atoms with Crippen LogP contribution in [0, 0.1) is 0 Å². The normalized spacial score (nSPS) is 21.1. The molecule has 0 unspecified atom stereocenters. The average molecular weight is 761 g/mol. The highest BCUT2D eigenvalue weighted by molar-refractivity contribution is 5.82. The van der Waals surface area contributed by atoms with Gasteiger partial charge in [-0.3, -0.25) is 19.2 Å². The van der Waals surface area contributed by atoms with E-state index in [1.807, 2.05) is 54.6 Å². The molecule has 0 spiro atoms. The monoisotopic (exact) mass is 760 g/mol. The molecule has 1 aliphatic carbocycles. The number of hydrogen-bond donors (Lipinski definition) is 2. The van der Waals surface area contributed by atoms with Gasteiger partial charge in [0.1, 0.15) is 32.0 Å². The van der Waals surface area contributed by atoms with Crippen molar-refractivity contribution in [2.45, 2.75) is 89.9 Å². The van der Waals surface area contributed by atoms with E-state index in [1.54, 1.807) is 24.3 Å². The summed E-state index contributed by atoms with van der Waals surface area (Å²) >= 11 is 0. The maximum Gasteiger partial charge on any atom is 0.407 e. The zero-order valence-corrected chi connectivity index (χ0v) is 31.1. The minimum Gasteiger partial charge on any atom is -0.463 e. The molecule has 2 N–H and O–H groups in total. The molecule has 2 aliphatic rings. The second-order valence-electron chi connectivity index (χ2n) is 13.1. The van der Waals surface area contributed by atoms with E-state index >= 15 is 0 Å². The number of nitrogens with one attached hydrogen (secondary N) is 2. The molecule has 0 bridgehead atoms. The van der Waals surface area contributed by atoms with Crippen LogP contribution in [0.5, 0.6) is 0 Å². The Morgan fingerprint density at radius 2 is 1.27 bits per heavy atom. The van der Waals surface area contributed by atoms with Gasteiger partial charge in [-0.15, -0.1) is 0 Å². The van der Waals surface area contributed by atoms with Crippen LogP contribution in [0.2, 0.25) is 0 Å². The Balaban J connectivity index is 1.39. The lowest BCUT2D eigenvalue weighted by molar-refractivity contribution is -0.288. The van der Waals surface area contributed by atoms with Gasteiger partial charge in [-0.25, -0.2) is 9.59 Å². The lowest BCUT2D eigenvalue weighted by Gasteiger charge is -2.45. The van der Waals surface area contributed by atoms with Crippen molar-refractivity contribution in [1.82, 2.24) is 10.6 Å². The zero-order chi connectivity index (χ0) is 39.6. The summed E-state index contributed by atoms with van der Waals surface area (Å²) in [6, 6.07) is 21.7. The Labute approximate surface area is 317 Å². The average Bonchev–Trinajstić information content (AvgIpc) is 3.46. The fraction of sp³-hybridized carbons (Fsp3) is 0.400. The number of fused-ring (bicyclic) bond motifs is 3. The summed E-state index contributed by atoms with van der Waals surface area (Å²) in [6.07, 6.45) is -7.76. The Hall–Kier alpha value is -5.80. The van der Waals surface area contributed by atoms with Crippen molar-refractivity contribution >= 4 is 35.9 Å². The molecule has 1 saturated heterocycles. The minimum absolute atomic E-state index is 0.0450. The molecule has 5 rings (SSSR count). The van der Waals surface area contributed by atoms with Gasteiger partial charge in [0.05, 0.1) is 6.10 Å². The Bertz CT molecular complexity index is 1820. The predicted octanol–water partition coefficient (Wildman–Crippen LogP) is 3.70. The third kappa shape index (κ3) is 10.5. The minimum atomic E-state index is -1.52. The van der Waals surface area contributed by atoms with E-state index in [2.05, 4.69) is 10.6 Å². The summed E-state index contributed by atoms with van der Waals surface area (Å²) in [4.78, 5) is 75.9. The van der Waals surface area contributed by atoms with Gasteiger partial charge in [-0.2, -0.15) is 0 Å². The predicted molar refractivity (Wildman–Crippen MR) is 193 cm³/mol. The fourth-order valence-electron chi connectivity index (χ4n) is 6.65. The van der Waals surface area contributed by atoms with E-state index in [1.165, 1.54) is 13.8 Å². The van der Waals surface area contributed by atoms with E-state index in [0.717, 1.165) is 43.0 Å². The molecular formula is C40H44N2O13. The second kappa shape index (κ2) is 18.5. The number of carbonyl (C=O) groups is 6. The van der Waals surface area contributed by atoms with E-state index < -0.39 is 85.3 Å². The molecule has 292 valence electrons. The number of benzene rings is 3. The Morgan fingerprint density at radius 3 is 1.85 bits per heavy atom. The van der Waals surface area contributed by atoms with Crippen LogP contribution >= 0.6 is 0 Å². The van der Waals surface area contributed by atoms with E-state index in [4.69, 9.17) is 33.2 Å². The van der Waals surface area contributed by atoms with Gasteiger partial charge in [0.15, 0.2) is 24.5 Å². The SMILES string of the molecule is CC(=O)N[C@H]1[C@H](O[C@H](C)[C@H](NC(=O)OCC2c3ccccc3-c3ccccc32)C(=O)OCc2ccccc2)O[C@H](COC(C)=O)[C@@H](OC(C)=O)[C@@H]1OC(C)=O. The quantitative estimate of drug-likeness (QED) is 0.179. The van der Waals surface area contributed by atoms with Crippen LogP contribution in [0.25, 0.3) is 11.1 Å². The number of rotatable bonds is 14. The van der Waals surface area contributed by atoms with Gasteiger partial charge in [-0.05, 0) is 34.7 Å². The van der Waals surface area contributed by atoms with E-state index in [-0.39, 0.29) is 19.1 Å². The van der Waals surface area contributed by atoms with Crippen LogP contribution in [0.1, 0.15) is 57.2 Å². The van der Waals surface area contributed by atoms with Gasteiger partial charge >= 0.3 is 30.0 Å². The topological polar surface area (TPSA) is 191 Å². The van der Waals surface area contributed by atoms with Crippen LogP contribution in [-0.2, 0) is 63.7 Å². The largest absolute Gasteiger partial charge is 0.463 e. The number of esters is 4.